The number of hydrogen-bond donors (Lipinski definition) is 2. The summed E-state index contributed by atoms with van der Waals surface area (Å²) in [5.74, 6) is 0.502. The van der Waals surface area contributed by atoms with Gasteiger partial charge in [-0.05, 0) is 19.4 Å². The number of rotatable bonds is 5. The summed E-state index contributed by atoms with van der Waals surface area (Å²) in [4.78, 5) is 0. The van der Waals surface area contributed by atoms with Crippen LogP contribution in [-0.2, 0) is 0 Å². The summed E-state index contributed by atoms with van der Waals surface area (Å²) < 4.78 is 0. The minimum absolute atomic E-state index is 0.502. The van der Waals surface area contributed by atoms with Gasteiger partial charge in [0.25, 0.3) is 0 Å². The average Bonchev–Trinajstić information content (AvgIpc) is 2.65. The van der Waals surface area contributed by atoms with Crippen LogP contribution in [-0.4, -0.2) is 11.7 Å². The lowest BCUT2D eigenvalue weighted by Crippen LogP contribution is -1.98. The highest BCUT2D eigenvalue weighted by Crippen LogP contribution is 2.16. The van der Waals surface area contributed by atoms with Crippen LogP contribution in [0.3, 0.4) is 0 Å². The zero-order valence-corrected chi connectivity index (χ0v) is 7.87. The van der Waals surface area contributed by atoms with Crippen LogP contribution < -0.4 is 5.73 Å². The van der Waals surface area contributed by atoms with Crippen molar-refractivity contribution in [3.05, 3.63) is 35.6 Å². The van der Waals surface area contributed by atoms with Crippen molar-refractivity contribution >= 4 is 0 Å². The fraction of sp³-hybridized carbons (Fsp3) is 0.455. The van der Waals surface area contributed by atoms with Gasteiger partial charge in [-0.25, -0.2) is 0 Å². The highest BCUT2D eigenvalue weighted by Gasteiger charge is 2.01. The zero-order valence-electron chi connectivity index (χ0n) is 7.87. The minimum atomic E-state index is 0.502. The Balaban J connectivity index is 2.24. The smallest absolute Gasteiger partial charge is 0.0994 e. The summed E-state index contributed by atoms with van der Waals surface area (Å²) in [6, 6.07) is 0. The van der Waals surface area contributed by atoms with Crippen molar-refractivity contribution < 1.29 is 5.11 Å². The van der Waals surface area contributed by atoms with Crippen LogP contribution in [0.4, 0.5) is 0 Å². The Bertz CT molecular complexity index is 224. The van der Waals surface area contributed by atoms with Crippen LogP contribution in [0.2, 0.25) is 0 Å². The average molecular weight is 179 g/mol. The Morgan fingerprint density at radius 3 is 2.46 bits per heavy atom. The quantitative estimate of drug-likeness (QED) is 0.503. The van der Waals surface area contributed by atoms with Crippen LogP contribution in [0.15, 0.2) is 35.6 Å². The maximum absolute atomic E-state index is 9.59. The van der Waals surface area contributed by atoms with Gasteiger partial charge in [-0.3, -0.25) is 0 Å². The van der Waals surface area contributed by atoms with E-state index in [0.717, 1.165) is 37.8 Å². The van der Waals surface area contributed by atoms with Gasteiger partial charge in [0.1, 0.15) is 0 Å². The van der Waals surface area contributed by atoms with Gasteiger partial charge < -0.3 is 10.8 Å². The normalized spacial score (nSPS) is 14.1. The number of aliphatic hydroxyl groups is 1. The molecule has 1 aliphatic carbocycles. The number of nitrogens with two attached hydrogens (primary N) is 1. The first kappa shape index (κ1) is 10.1. The van der Waals surface area contributed by atoms with E-state index in [2.05, 4.69) is 0 Å². The first-order valence-corrected chi connectivity index (χ1v) is 4.81. The van der Waals surface area contributed by atoms with E-state index in [1.54, 1.807) is 0 Å². The second-order valence-corrected chi connectivity index (χ2v) is 3.22. The molecule has 0 aromatic rings. The zero-order chi connectivity index (χ0) is 9.52. The molecule has 0 bridgehead atoms. The molecule has 2 heteroatoms. The first-order valence-electron chi connectivity index (χ1n) is 4.81. The predicted molar refractivity (Wildman–Crippen MR) is 55.5 cm³/mol. The van der Waals surface area contributed by atoms with Gasteiger partial charge in [0.15, 0.2) is 0 Å². The van der Waals surface area contributed by atoms with Crippen molar-refractivity contribution in [1.82, 2.24) is 0 Å². The van der Waals surface area contributed by atoms with E-state index in [-0.39, 0.29) is 0 Å². The van der Waals surface area contributed by atoms with E-state index in [1.165, 1.54) is 0 Å². The van der Waals surface area contributed by atoms with E-state index >= 15 is 0 Å². The molecular weight excluding hydrogens is 162 g/mol. The molecular formula is C11H17NO. The third-order valence-corrected chi connectivity index (χ3v) is 2.11. The molecule has 0 radical (unpaired) electrons. The van der Waals surface area contributed by atoms with Crippen LogP contribution >= 0.6 is 0 Å². The molecule has 13 heavy (non-hydrogen) atoms. The topological polar surface area (TPSA) is 46.2 Å². The molecule has 0 unspecified atom stereocenters. The fourth-order valence-electron chi connectivity index (χ4n) is 1.32. The van der Waals surface area contributed by atoms with Crippen molar-refractivity contribution in [3.63, 3.8) is 0 Å². The van der Waals surface area contributed by atoms with E-state index in [4.69, 9.17) is 5.73 Å². The van der Waals surface area contributed by atoms with E-state index in [9.17, 15) is 5.11 Å². The Labute approximate surface area is 79.4 Å². The number of allylic oxidation sites excluding steroid dienone is 6. The summed E-state index contributed by atoms with van der Waals surface area (Å²) in [5.41, 5.74) is 6.32. The van der Waals surface area contributed by atoms with Gasteiger partial charge in [0.2, 0.25) is 0 Å². The maximum Gasteiger partial charge on any atom is 0.0994 e. The minimum Gasteiger partial charge on any atom is -0.512 e. The van der Waals surface area contributed by atoms with Gasteiger partial charge >= 0.3 is 0 Å². The van der Waals surface area contributed by atoms with Gasteiger partial charge in [-0.1, -0.05) is 30.7 Å². The highest BCUT2D eigenvalue weighted by atomic mass is 16.3. The lowest BCUT2D eigenvalue weighted by molar-refractivity contribution is 0.378. The van der Waals surface area contributed by atoms with Crippen molar-refractivity contribution in [2.75, 3.05) is 6.54 Å². The largest absolute Gasteiger partial charge is 0.512 e. The van der Waals surface area contributed by atoms with E-state index in [0.29, 0.717) is 5.76 Å². The number of hydrogen-bond acceptors (Lipinski definition) is 2. The van der Waals surface area contributed by atoms with Crippen molar-refractivity contribution in [2.45, 2.75) is 25.7 Å². The predicted octanol–water partition coefficient (Wildman–Crippen LogP) is 2.44. The molecule has 1 rings (SSSR count). The molecule has 72 valence electrons. The van der Waals surface area contributed by atoms with Crippen molar-refractivity contribution in [1.29, 1.82) is 0 Å². The molecule has 0 saturated carbocycles. The molecule has 2 nitrogen and oxygen atoms in total. The molecule has 0 heterocycles. The van der Waals surface area contributed by atoms with Gasteiger partial charge in [0, 0.05) is 12.0 Å². The van der Waals surface area contributed by atoms with E-state index in [1.807, 2.05) is 24.3 Å². The van der Waals surface area contributed by atoms with Crippen molar-refractivity contribution in [2.24, 2.45) is 5.73 Å². The Hall–Kier alpha value is -1.02. The summed E-state index contributed by atoms with van der Waals surface area (Å²) in [7, 11) is 0. The monoisotopic (exact) mass is 179 g/mol. The lowest BCUT2D eigenvalue weighted by atomic mass is 10.1. The fourth-order valence-corrected chi connectivity index (χ4v) is 1.32. The molecule has 0 atom stereocenters. The lowest BCUT2D eigenvalue weighted by Gasteiger charge is -2.01. The van der Waals surface area contributed by atoms with Crippen LogP contribution in [0.25, 0.3) is 0 Å². The summed E-state index contributed by atoms with van der Waals surface area (Å²) in [6.07, 6.45) is 11.7. The van der Waals surface area contributed by atoms with Crippen LogP contribution in [0.5, 0.6) is 0 Å². The molecule has 0 aromatic heterocycles. The second kappa shape index (κ2) is 5.60. The molecule has 0 aromatic carbocycles. The Morgan fingerprint density at radius 1 is 1.15 bits per heavy atom. The molecule has 0 saturated heterocycles. The third-order valence-electron chi connectivity index (χ3n) is 2.11. The summed E-state index contributed by atoms with van der Waals surface area (Å²) in [6.45, 7) is 0.747. The van der Waals surface area contributed by atoms with Gasteiger partial charge in [-0.2, -0.15) is 0 Å². The Kier molecular flexibility index (Phi) is 4.33. The Morgan fingerprint density at radius 2 is 1.85 bits per heavy atom. The van der Waals surface area contributed by atoms with Crippen LogP contribution in [0.1, 0.15) is 25.7 Å². The molecule has 1 aliphatic rings. The summed E-state index contributed by atoms with van der Waals surface area (Å²) in [5, 5.41) is 9.59. The van der Waals surface area contributed by atoms with Gasteiger partial charge in [-0.15, -0.1) is 0 Å². The molecule has 3 N–H and O–H groups in total. The first-order chi connectivity index (χ1) is 6.34. The second-order valence-electron chi connectivity index (χ2n) is 3.22. The van der Waals surface area contributed by atoms with Gasteiger partial charge in [0.05, 0.1) is 5.76 Å². The third kappa shape index (κ3) is 3.47. The molecule has 0 spiro atoms. The standard InChI is InChI=1S/C11H17NO/c12-9-5-1-2-8-11(13)10-6-3-4-7-10/h3-4,6-7,13H,1-2,5,8-9,12H2. The van der Waals surface area contributed by atoms with E-state index < -0.39 is 0 Å². The molecule has 0 amide bonds. The highest BCUT2D eigenvalue weighted by molar-refractivity contribution is 5.41. The SMILES string of the molecule is NCCCCCC(O)=C1C=CC=C1. The van der Waals surface area contributed by atoms with Crippen LogP contribution in [0, 0.1) is 0 Å². The maximum atomic E-state index is 9.59. The number of aliphatic hydroxyl groups excluding tert-OH is 1. The van der Waals surface area contributed by atoms with Crippen molar-refractivity contribution in [3.8, 4) is 0 Å². The molecule has 0 aliphatic heterocycles. The summed E-state index contributed by atoms with van der Waals surface area (Å²) >= 11 is 0. The number of unbranched alkanes of at least 4 members (excludes halogenated alkanes) is 2. The molecule has 0 fully saturated rings.